The number of rotatable bonds is 5. The van der Waals surface area contributed by atoms with Gasteiger partial charge in [0.15, 0.2) is 6.54 Å². The van der Waals surface area contributed by atoms with Gasteiger partial charge >= 0.3 is 0 Å². The fourth-order valence-electron chi connectivity index (χ4n) is 4.39. The van der Waals surface area contributed by atoms with E-state index in [1.54, 1.807) is 24.3 Å². The van der Waals surface area contributed by atoms with Crippen LogP contribution in [-0.4, -0.2) is 34.4 Å². The smallest absolute Gasteiger partial charge is 0.288 e. The second-order valence-corrected chi connectivity index (χ2v) is 8.79. The highest BCUT2D eigenvalue weighted by Gasteiger charge is 2.54. The van der Waals surface area contributed by atoms with Crippen LogP contribution in [-0.2, 0) is 12.1 Å². The molecule has 0 aromatic heterocycles. The maximum Gasteiger partial charge on any atom is 0.288 e. The van der Waals surface area contributed by atoms with Crippen molar-refractivity contribution in [3.8, 4) is 0 Å². The number of benzene rings is 2. The van der Waals surface area contributed by atoms with Gasteiger partial charge in [0.1, 0.15) is 5.69 Å². The van der Waals surface area contributed by atoms with Crippen LogP contribution in [0.25, 0.3) is 0 Å². The number of alkyl halides is 2. The van der Waals surface area contributed by atoms with Crippen molar-refractivity contribution in [2.75, 3.05) is 18.0 Å². The van der Waals surface area contributed by atoms with Crippen molar-refractivity contribution < 1.29 is 18.5 Å². The molecule has 0 spiro atoms. The molecule has 154 valence electrons. The number of aliphatic hydroxyl groups is 1. The largest absolute Gasteiger partial charge is 0.346 e. The Labute approximate surface area is 175 Å². The van der Waals surface area contributed by atoms with Gasteiger partial charge in [-0.2, -0.15) is 13.7 Å². The molecule has 0 fully saturated rings. The Hall–Kier alpha value is -1.92. The van der Waals surface area contributed by atoms with E-state index < -0.39 is 11.5 Å². The number of amidine groups is 1. The molecule has 0 bridgehead atoms. The molecule has 0 saturated heterocycles. The van der Waals surface area contributed by atoms with Crippen LogP contribution in [0.5, 0.6) is 0 Å². The highest BCUT2D eigenvalue weighted by molar-refractivity contribution is 7.99. The maximum atomic E-state index is 12.7. The van der Waals surface area contributed by atoms with Crippen molar-refractivity contribution >= 4 is 23.3 Å². The first kappa shape index (κ1) is 20.4. The minimum atomic E-state index is -2.45. The molecule has 4 rings (SSSR count). The van der Waals surface area contributed by atoms with Gasteiger partial charge in [0.2, 0.25) is 0 Å². The Kier molecular flexibility index (Phi) is 5.93. The van der Waals surface area contributed by atoms with Crippen molar-refractivity contribution in [2.45, 2.75) is 55.4 Å². The summed E-state index contributed by atoms with van der Waals surface area (Å²) in [7, 11) is 0. The molecule has 0 radical (unpaired) electrons. The van der Waals surface area contributed by atoms with Gasteiger partial charge in [-0.1, -0.05) is 43.0 Å². The Balaban J connectivity index is 1.73. The molecule has 0 saturated carbocycles. The quantitative estimate of drug-likeness (QED) is 0.534. The molecule has 1 atom stereocenters. The van der Waals surface area contributed by atoms with E-state index >= 15 is 0 Å². The number of anilines is 1. The molecule has 2 aliphatic rings. The molecule has 0 unspecified atom stereocenters. The molecule has 1 N–H and O–H groups in total. The summed E-state index contributed by atoms with van der Waals surface area (Å²) in [6, 6.07) is 15.3. The predicted octanol–water partition coefficient (Wildman–Crippen LogP) is 5.21. The predicted molar refractivity (Wildman–Crippen MR) is 114 cm³/mol. The van der Waals surface area contributed by atoms with Gasteiger partial charge in [0, 0.05) is 16.9 Å². The third-order valence-electron chi connectivity index (χ3n) is 5.88. The van der Waals surface area contributed by atoms with Gasteiger partial charge in [0.05, 0.1) is 6.54 Å². The highest BCUT2D eigenvalue weighted by Crippen LogP contribution is 2.38. The Morgan fingerprint density at radius 1 is 1.07 bits per heavy atom. The average molecular weight is 418 g/mol. The van der Waals surface area contributed by atoms with Gasteiger partial charge in [-0.05, 0) is 55.5 Å². The lowest BCUT2D eigenvalue weighted by Gasteiger charge is -2.29. The highest BCUT2D eigenvalue weighted by atomic mass is 32.2. The van der Waals surface area contributed by atoms with E-state index in [-0.39, 0.29) is 0 Å². The number of hydrogen-bond donors (Lipinski definition) is 1. The van der Waals surface area contributed by atoms with Gasteiger partial charge in [-0.25, -0.2) is 0 Å². The molecule has 2 aliphatic heterocycles. The van der Waals surface area contributed by atoms with Gasteiger partial charge < -0.3 is 5.11 Å². The molecule has 29 heavy (non-hydrogen) atoms. The normalized spacial score (nSPS) is 22.2. The monoisotopic (exact) mass is 417 g/mol. The molecule has 6 heteroatoms. The zero-order chi connectivity index (χ0) is 20.4. The summed E-state index contributed by atoms with van der Waals surface area (Å²) in [5.74, 6) is -1.29. The fourth-order valence-corrected chi connectivity index (χ4v) is 4.89. The second-order valence-electron chi connectivity index (χ2n) is 7.72. The Bertz CT molecular complexity index is 883. The number of aryl methyl sites for hydroxylation is 1. The summed E-state index contributed by atoms with van der Waals surface area (Å²) in [6.45, 7) is 3.54. The van der Waals surface area contributed by atoms with Crippen molar-refractivity contribution in [3.05, 3.63) is 59.7 Å². The van der Waals surface area contributed by atoms with E-state index in [1.165, 1.54) is 12.0 Å². The fraction of sp³-hybridized carbons (Fsp3) is 0.435. The third-order valence-corrected chi connectivity index (χ3v) is 6.60. The number of halogens is 2. The molecule has 2 aromatic carbocycles. The minimum absolute atomic E-state index is 0.485. The topological polar surface area (TPSA) is 26.5 Å². The lowest BCUT2D eigenvalue weighted by atomic mass is 9.99. The first-order valence-corrected chi connectivity index (χ1v) is 11.2. The van der Waals surface area contributed by atoms with E-state index in [9.17, 15) is 13.9 Å². The Morgan fingerprint density at radius 2 is 1.79 bits per heavy atom. The first-order chi connectivity index (χ1) is 14.0. The summed E-state index contributed by atoms with van der Waals surface area (Å²) in [5.41, 5.74) is 1.74. The van der Waals surface area contributed by atoms with Gasteiger partial charge in [-0.3, -0.25) is 4.58 Å². The SMILES string of the molecule is CCc1ccc(N2C3=[N+](CCCCC3)C[C@@]2(O)c2ccc(SC(F)F)cc2)cc1. The summed E-state index contributed by atoms with van der Waals surface area (Å²) in [4.78, 5) is 2.57. The third kappa shape index (κ3) is 4.05. The van der Waals surface area contributed by atoms with Gasteiger partial charge in [-0.15, -0.1) is 0 Å². The van der Waals surface area contributed by atoms with Gasteiger partial charge in [0.25, 0.3) is 17.3 Å². The van der Waals surface area contributed by atoms with Crippen LogP contribution >= 0.6 is 11.8 Å². The summed E-state index contributed by atoms with van der Waals surface area (Å²) < 4.78 is 27.6. The average Bonchev–Trinajstić information content (AvgIpc) is 2.84. The van der Waals surface area contributed by atoms with Crippen LogP contribution in [0.15, 0.2) is 53.4 Å². The van der Waals surface area contributed by atoms with Crippen molar-refractivity contribution in [2.24, 2.45) is 0 Å². The minimum Gasteiger partial charge on any atom is -0.346 e. The van der Waals surface area contributed by atoms with E-state index in [0.29, 0.717) is 23.2 Å². The molecule has 0 amide bonds. The van der Waals surface area contributed by atoms with E-state index in [4.69, 9.17) is 0 Å². The van der Waals surface area contributed by atoms with E-state index in [0.717, 1.165) is 49.3 Å². The van der Waals surface area contributed by atoms with E-state index in [2.05, 4.69) is 40.7 Å². The molecule has 3 nitrogen and oxygen atoms in total. The summed E-state index contributed by atoms with van der Waals surface area (Å²) in [6.07, 6.45) is 5.32. The maximum absolute atomic E-state index is 12.7. The van der Waals surface area contributed by atoms with Crippen LogP contribution < -0.4 is 4.90 Å². The van der Waals surface area contributed by atoms with E-state index in [1.807, 2.05) is 0 Å². The molecule has 2 aromatic rings. The number of thioether (sulfide) groups is 1. The van der Waals surface area contributed by atoms with Crippen molar-refractivity contribution in [1.29, 1.82) is 0 Å². The van der Waals surface area contributed by atoms with Crippen LogP contribution in [0.4, 0.5) is 14.5 Å². The van der Waals surface area contributed by atoms with Crippen molar-refractivity contribution in [3.63, 3.8) is 0 Å². The zero-order valence-electron chi connectivity index (χ0n) is 16.7. The lowest BCUT2D eigenvalue weighted by molar-refractivity contribution is -0.534. The summed E-state index contributed by atoms with van der Waals surface area (Å²) in [5, 5.41) is 11.9. The number of hydrogen-bond acceptors (Lipinski definition) is 3. The van der Waals surface area contributed by atoms with Crippen LogP contribution in [0.1, 0.15) is 43.7 Å². The standard InChI is InChI=1S/C23H27F2N2OS/c1-2-17-7-11-19(12-8-17)27-21-6-4-3-5-15-26(21)16-23(27,28)18-9-13-20(14-10-18)29-22(24)25/h7-14,22,28H,2-6,15-16H2,1H3/q+1/t23-/m1/s1. The second kappa shape index (κ2) is 8.44. The summed E-state index contributed by atoms with van der Waals surface area (Å²) >= 11 is 0.529. The molecular weight excluding hydrogens is 390 g/mol. The lowest BCUT2D eigenvalue weighted by Crippen LogP contribution is -2.47. The van der Waals surface area contributed by atoms with Crippen LogP contribution in [0, 0.1) is 0 Å². The molecule has 2 heterocycles. The van der Waals surface area contributed by atoms with Crippen molar-refractivity contribution in [1.82, 2.24) is 0 Å². The Morgan fingerprint density at radius 3 is 2.45 bits per heavy atom. The first-order valence-electron chi connectivity index (χ1n) is 10.3. The number of nitrogens with zero attached hydrogens (tertiary/aromatic N) is 2. The molecular formula is C23H27F2N2OS+. The van der Waals surface area contributed by atoms with Crippen LogP contribution in [0.2, 0.25) is 0 Å². The molecule has 0 aliphatic carbocycles. The van der Waals surface area contributed by atoms with Crippen LogP contribution in [0.3, 0.4) is 0 Å². The zero-order valence-corrected chi connectivity index (χ0v) is 17.5.